The Bertz CT molecular complexity index is 2280. The second kappa shape index (κ2) is 15.4. The van der Waals surface area contributed by atoms with E-state index in [1.807, 2.05) is 41.2 Å². The van der Waals surface area contributed by atoms with Crippen molar-refractivity contribution in [2.45, 2.75) is 79.6 Å². The van der Waals surface area contributed by atoms with E-state index in [2.05, 4.69) is 126 Å². The van der Waals surface area contributed by atoms with E-state index in [1.54, 1.807) is 0 Å². The summed E-state index contributed by atoms with van der Waals surface area (Å²) in [6.07, 6.45) is 5.58. The predicted octanol–water partition coefficient (Wildman–Crippen LogP) is 12.1. The smallest absolute Gasteiger partial charge is 0.509 e. The van der Waals surface area contributed by atoms with Crippen molar-refractivity contribution in [1.82, 2.24) is 19.3 Å². The molecule has 7 rings (SSSR count). The van der Waals surface area contributed by atoms with E-state index >= 15 is 0 Å². The third-order valence-electron chi connectivity index (χ3n) is 10.00. The molecule has 0 amide bonds. The number of nitrogens with zero attached hydrogens (tertiary/aromatic N) is 4. The molecule has 2 atom stereocenters. The molecule has 0 aliphatic heterocycles. The van der Waals surface area contributed by atoms with Gasteiger partial charge in [-0.25, -0.2) is 4.98 Å². The first-order valence-corrected chi connectivity index (χ1v) is 18.0. The Morgan fingerprint density at radius 2 is 1.57 bits per heavy atom. The summed E-state index contributed by atoms with van der Waals surface area (Å²) in [5, 5.41) is 7.23. The van der Waals surface area contributed by atoms with Crippen LogP contribution in [-0.2, 0) is 21.1 Å². The normalized spacial score (nSPS) is 12.7. The van der Waals surface area contributed by atoms with E-state index in [4.69, 9.17) is 14.8 Å². The molecule has 0 aliphatic rings. The van der Waals surface area contributed by atoms with Crippen LogP contribution in [0.15, 0.2) is 97.2 Å². The summed E-state index contributed by atoms with van der Waals surface area (Å²) in [6, 6.07) is 38.9. The molecule has 0 bridgehead atoms. The molecule has 0 N–H and O–H groups in total. The number of aromatic nitrogens is 4. The van der Waals surface area contributed by atoms with Crippen molar-refractivity contribution in [3.8, 4) is 34.1 Å². The van der Waals surface area contributed by atoms with Gasteiger partial charge in [0.15, 0.2) is 0 Å². The Morgan fingerprint density at radius 3 is 2.33 bits per heavy atom. The number of hydrogen-bond acceptors (Lipinski definition) is 3. The zero-order chi connectivity index (χ0) is 34.9. The number of fused-ring (bicyclic) bond motifs is 3. The molecule has 262 valence electrons. The zero-order valence-corrected chi connectivity index (χ0v) is 32.9. The second-order valence-corrected chi connectivity index (χ2v) is 14.2. The van der Waals surface area contributed by atoms with Crippen LogP contribution in [0.1, 0.15) is 88.2 Å². The molecule has 2 unspecified atom stereocenters. The number of aryl methyl sites for hydroxylation is 1. The van der Waals surface area contributed by atoms with Crippen molar-refractivity contribution in [2.24, 2.45) is 5.92 Å². The van der Waals surface area contributed by atoms with Gasteiger partial charge in [0.25, 0.3) is 0 Å². The van der Waals surface area contributed by atoms with Crippen molar-refractivity contribution in [3.05, 3.63) is 132 Å². The minimum Gasteiger partial charge on any atom is -0.509 e. The SMILES string of the molecule is CCCC(C)CC(C)c1ccc2c(c1)c1ccc(Oc3[c-]c(-n4nc(C)c(-c5ccccc5)c4C)ccc3)[c-]c1n2-c1cc(C(C)C)ccn1.[Pt+2]. The third-order valence-corrected chi connectivity index (χ3v) is 10.00. The van der Waals surface area contributed by atoms with Crippen molar-refractivity contribution in [2.75, 3.05) is 0 Å². The summed E-state index contributed by atoms with van der Waals surface area (Å²) >= 11 is 0. The van der Waals surface area contributed by atoms with Gasteiger partial charge in [-0.3, -0.25) is 4.68 Å². The van der Waals surface area contributed by atoms with Crippen LogP contribution in [0.5, 0.6) is 11.5 Å². The average Bonchev–Trinajstić information content (AvgIpc) is 3.60. The monoisotopic (exact) mass is 853 g/mol. The maximum atomic E-state index is 6.50. The van der Waals surface area contributed by atoms with E-state index in [9.17, 15) is 0 Å². The van der Waals surface area contributed by atoms with E-state index in [0.29, 0.717) is 29.3 Å². The molecule has 0 saturated heterocycles. The molecule has 0 spiro atoms. The summed E-state index contributed by atoms with van der Waals surface area (Å²) in [7, 11) is 0. The van der Waals surface area contributed by atoms with Crippen LogP contribution in [0.25, 0.3) is 44.4 Å². The van der Waals surface area contributed by atoms with Crippen LogP contribution >= 0.6 is 0 Å². The largest absolute Gasteiger partial charge is 2.00 e. The van der Waals surface area contributed by atoms with Gasteiger partial charge in [-0.2, -0.15) is 17.2 Å². The van der Waals surface area contributed by atoms with Crippen molar-refractivity contribution >= 4 is 21.8 Å². The van der Waals surface area contributed by atoms with Gasteiger partial charge in [-0.15, -0.1) is 35.7 Å². The molecule has 0 aliphatic carbocycles. The maximum Gasteiger partial charge on any atom is 2.00 e. The second-order valence-electron chi connectivity index (χ2n) is 14.2. The topological polar surface area (TPSA) is 44.9 Å². The molecule has 0 fully saturated rings. The number of rotatable bonds is 11. The Labute approximate surface area is 317 Å². The first-order valence-electron chi connectivity index (χ1n) is 18.0. The molecule has 5 nitrogen and oxygen atoms in total. The van der Waals surface area contributed by atoms with Crippen LogP contribution in [0, 0.1) is 31.9 Å². The Morgan fingerprint density at radius 1 is 0.784 bits per heavy atom. The number of benzene rings is 4. The van der Waals surface area contributed by atoms with Crippen molar-refractivity contribution in [3.63, 3.8) is 0 Å². The molecule has 6 heteroatoms. The van der Waals surface area contributed by atoms with Crippen LogP contribution in [-0.4, -0.2) is 19.3 Å². The van der Waals surface area contributed by atoms with Gasteiger partial charge < -0.3 is 9.30 Å². The molecular formula is C45H46N4OPt. The summed E-state index contributed by atoms with van der Waals surface area (Å²) in [5.41, 5.74) is 9.83. The van der Waals surface area contributed by atoms with Crippen molar-refractivity contribution < 1.29 is 25.8 Å². The minimum absolute atomic E-state index is 0. The van der Waals surface area contributed by atoms with Gasteiger partial charge in [0.1, 0.15) is 5.82 Å². The number of ether oxygens (including phenoxy) is 1. The minimum atomic E-state index is 0. The van der Waals surface area contributed by atoms with Gasteiger partial charge in [0, 0.05) is 34.5 Å². The molecular weight excluding hydrogens is 808 g/mol. The van der Waals surface area contributed by atoms with E-state index in [1.165, 1.54) is 35.8 Å². The van der Waals surface area contributed by atoms with Crippen LogP contribution in [0.4, 0.5) is 0 Å². The first kappa shape index (κ1) is 36.3. The summed E-state index contributed by atoms with van der Waals surface area (Å²) in [6.45, 7) is 15.6. The quantitative estimate of drug-likeness (QED) is 0.122. The Hall–Kier alpha value is -4.47. The fourth-order valence-electron chi connectivity index (χ4n) is 7.45. The number of pyridine rings is 1. The summed E-state index contributed by atoms with van der Waals surface area (Å²) in [4.78, 5) is 4.87. The summed E-state index contributed by atoms with van der Waals surface area (Å²) < 4.78 is 10.7. The average molecular weight is 854 g/mol. The molecule has 7 aromatic rings. The third kappa shape index (κ3) is 7.32. The van der Waals surface area contributed by atoms with Gasteiger partial charge in [0.05, 0.1) is 5.69 Å². The molecule has 4 aromatic carbocycles. The van der Waals surface area contributed by atoms with Crippen LogP contribution in [0.3, 0.4) is 0 Å². The molecule has 3 aromatic heterocycles. The standard InChI is InChI=1S/C45H46N4O.Pt/c1-8-13-30(4)24-31(5)36-18-21-42-41(25-36)40-20-19-39(28-43(40)48(42)44-26-35(29(2)3)22-23-46-44)50-38-17-12-16-37(27-38)49-33(7)45(32(6)47-49)34-14-10-9-11-15-34;/h9-12,14-23,25-26,29-31H,8,13,24H2,1-7H3;/q-2;+2. The molecule has 3 heterocycles. The van der Waals surface area contributed by atoms with Gasteiger partial charge in [-0.05, 0) is 84.0 Å². The van der Waals surface area contributed by atoms with Crippen molar-refractivity contribution in [1.29, 1.82) is 0 Å². The molecule has 51 heavy (non-hydrogen) atoms. The molecule has 0 radical (unpaired) electrons. The Balaban J connectivity index is 0.00000448. The maximum absolute atomic E-state index is 6.50. The summed E-state index contributed by atoms with van der Waals surface area (Å²) in [5.74, 6) is 3.67. The zero-order valence-electron chi connectivity index (χ0n) is 30.6. The fraction of sp³-hybridized carbons (Fsp3) is 0.289. The van der Waals surface area contributed by atoms with E-state index in [-0.39, 0.29) is 21.1 Å². The van der Waals surface area contributed by atoms with E-state index in [0.717, 1.165) is 50.4 Å². The first-order chi connectivity index (χ1) is 24.2. The predicted molar refractivity (Wildman–Crippen MR) is 206 cm³/mol. The van der Waals surface area contributed by atoms with Crippen LogP contribution in [0.2, 0.25) is 0 Å². The van der Waals surface area contributed by atoms with E-state index < -0.39 is 0 Å². The van der Waals surface area contributed by atoms with Gasteiger partial charge in [-0.1, -0.05) is 95.4 Å². The Kier molecular flexibility index (Phi) is 11.0. The van der Waals surface area contributed by atoms with Crippen LogP contribution < -0.4 is 4.74 Å². The molecule has 0 saturated carbocycles. The van der Waals surface area contributed by atoms with Gasteiger partial charge >= 0.3 is 21.1 Å². The fourth-order valence-corrected chi connectivity index (χ4v) is 7.45. The number of hydrogen-bond donors (Lipinski definition) is 0. The van der Waals surface area contributed by atoms with Gasteiger partial charge in [0.2, 0.25) is 0 Å².